The minimum atomic E-state index is -0.345. The Balaban J connectivity index is 1.28. The second-order valence-electron chi connectivity index (χ2n) is 9.47. The van der Waals surface area contributed by atoms with Gasteiger partial charge >= 0.3 is 5.97 Å². The van der Waals surface area contributed by atoms with Crippen molar-refractivity contribution in [3.8, 4) is 0 Å². The SMILES string of the molecule is CCOC(=O)c1c(NC(=O)CSc2nnc(C3CC3)n2C[C@@H]2CCCO2)sc2c1CC[C@H](C)C2. The molecule has 2 fully saturated rings. The van der Waals surface area contributed by atoms with Gasteiger partial charge < -0.3 is 19.4 Å². The van der Waals surface area contributed by atoms with Crippen LogP contribution in [0.2, 0.25) is 0 Å². The minimum Gasteiger partial charge on any atom is -0.462 e. The van der Waals surface area contributed by atoms with Crippen molar-refractivity contribution >= 4 is 40.0 Å². The van der Waals surface area contributed by atoms with Crippen LogP contribution in [-0.2, 0) is 33.7 Å². The van der Waals surface area contributed by atoms with Crippen molar-refractivity contribution in [2.24, 2.45) is 5.92 Å². The molecule has 2 aliphatic carbocycles. The van der Waals surface area contributed by atoms with Gasteiger partial charge in [0.1, 0.15) is 10.8 Å². The Bertz CT molecular complexity index is 1060. The number of nitrogens with zero attached hydrogens (tertiary/aromatic N) is 3. The molecule has 1 aliphatic heterocycles. The molecule has 5 rings (SSSR count). The summed E-state index contributed by atoms with van der Waals surface area (Å²) < 4.78 is 13.3. The van der Waals surface area contributed by atoms with Crippen LogP contribution in [0.5, 0.6) is 0 Å². The van der Waals surface area contributed by atoms with E-state index in [4.69, 9.17) is 9.47 Å². The number of amides is 1. The molecule has 0 unspecified atom stereocenters. The molecule has 1 saturated carbocycles. The molecule has 2 atom stereocenters. The van der Waals surface area contributed by atoms with Gasteiger partial charge in [-0.3, -0.25) is 4.79 Å². The van der Waals surface area contributed by atoms with Crippen LogP contribution < -0.4 is 5.32 Å². The summed E-state index contributed by atoms with van der Waals surface area (Å²) in [5.41, 5.74) is 1.60. The zero-order valence-corrected chi connectivity index (χ0v) is 21.4. The molecule has 1 saturated heterocycles. The molecule has 2 aromatic heterocycles. The van der Waals surface area contributed by atoms with Gasteiger partial charge in [-0.25, -0.2) is 4.79 Å². The van der Waals surface area contributed by atoms with E-state index in [2.05, 4.69) is 27.0 Å². The molecule has 1 N–H and O–H groups in total. The molecule has 3 heterocycles. The molecule has 2 aromatic rings. The highest BCUT2D eigenvalue weighted by Gasteiger charge is 2.32. The van der Waals surface area contributed by atoms with Gasteiger partial charge in [-0.1, -0.05) is 18.7 Å². The lowest BCUT2D eigenvalue weighted by Crippen LogP contribution is -2.19. The van der Waals surface area contributed by atoms with Crippen molar-refractivity contribution in [1.29, 1.82) is 0 Å². The van der Waals surface area contributed by atoms with E-state index in [0.29, 0.717) is 29.0 Å². The van der Waals surface area contributed by atoms with Crippen LogP contribution in [0.15, 0.2) is 5.16 Å². The Hall–Kier alpha value is -1.91. The van der Waals surface area contributed by atoms with Gasteiger partial charge in [0.2, 0.25) is 5.91 Å². The third kappa shape index (κ3) is 5.18. The number of thioether (sulfide) groups is 1. The molecule has 0 bridgehead atoms. The van der Waals surface area contributed by atoms with Gasteiger partial charge in [0.05, 0.1) is 30.6 Å². The fraction of sp³-hybridized carbons (Fsp3) is 0.667. The van der Waals surface area contributed by atoms with Crippen LogP contribution in [0.3, 0.4) is 0 Å². The largest absolute Gasteiger partial charge is 0.462 e. The number of anilines is 1. The first-order valence-electron chi connectivity index (χ1n) is 12.3. The topological polar surface area (TPSA) is 95.3 Å². The maximum absolute atomic E-state index is 12.9. The van der Waals surface area contributed by atoms with Crippen molar-refractivity contribution < 1.29 is 19.1 Å². The van der Waals surface area contributed by atoms with Crippen LogP contribution >= 0.6 is 23.1 Å². The molecule has 10 heteroatoms. The number of hydrogen-bond acceptors (Lipinski definition) is 8. The lowest BCUT2D eigenvalue weighted by molar-refractivity contribution is -0.113. The highest BCUT2D eigenvalue weighted by molar-refractivity contribution is 7.99. The molecule has 0 aromatic carbocycles. The van der Waals surface area contributed by atoms with E-state index in [0.717, 1.165) is 74.6 Å². The Morgan fingerprint density at radius 1 is 1.26 bits per heavy atom. The van der Waals surface area contributed by atoms with E-state index in [1.165, 1.54) is 28.0 Å². The van der Waals surface area contributed by atoms with Crippen molar-refractivity contribution in [3.63, 3.8) is 0 Å². The number of esters is 1. The van der Waals surface area contributed by atoms with Crippen molar-refractivity contribution in [2.45, 2.75) is 82.5 Å². The van der Waals surface area contributed by atoms with Crippen molar-refractivity contribution in [2.75, 3.05) is 24.3 Å². The highest BCUT2D eigenvalue weighted by Crippen LogP contribution is 2.41. The Morgan fingerprint density at radius 3 is 2.85 bits per heavy atom. The van der Waals surface area contributed by atoms with E-state index < -0.39 is 0 Å². The van der Waals surface area contributed by atoms with Gasteiger partial charge in [-0.15, -0.1) is 21.5 Å². The predicted molar refractivity (Wildman–Crippen MR) is 132 cm³/mol. The maximum atomic E-state index is 12.9. The predicted octanol–water partition coefficient (Wildman–Crippen LogP) is 4.43. The highest BCUT2D eigenvalue weighted by atomic mass is 32.2. The van der Waals surface area contributed by atoms with Gasteiger partial charge in [0, 0.05) is 17.4 Å². The smallest absolute Gasteiger partial charge is 0.341 e. The van der Waals surface area contributed by atoms with Crippen LogP contribution in [0, 0.1) is 5.92 Å². The molecule has 0 radical (unpaired) electrons. The molecule has 34 heavy (non-hydrogen) atoms. The number of carbonyl (C=O) groups is 2. The number of carbonyl (C=O) groups excluding carboxylic acids is 2. The lowest BCUT2D eigenvalue weighted by atomic mass is 9.88. The fourth-order valence-electron chi connectivity index (χ4n) is 4.76. The molecule has 3 aliphatic rings. The summed E-state index contributed by atoms with van der Waals surface area (Å²) in [5.74, 6) is 1.78. The summed E-state index contributed by atoms with van der Waals surface area (Å²) in [6.45, 7) is 5.89. The lowest BCUT2D eigenvalue weighted by Gasteiger charge is -2.18. The molecular weight excluding hydrogens is 472 g/mol. The second kappa shape index (κ2) is 10.4. The third-order valence-electron chi connectivity index (χ3n) is 6.67. The average Bonchev–Trinajstić information content (AvgIpc) is 3.21. The van der Waals surface area contributed by atoms with Gasteiger partial charge in [0.25, 0.3) is 0 Å². The van der Waals surface area contributed by atoms with E-state index in [1.807, 2.05) is 0 Å². The van der Waals surface area contributed by atoms with E-state index in [1.54, 1.807) is 6.92 Å². The summed E-state index contributed by atoms with van der Waals surface area (Å²) in [6, 6.07) is 0. The summed E-state index contributed by atoms with van der Waals surface area (Å²) in [6.07, 6.45) is 7.45. The monoisotopic (exact) mass is 504 g/mol. The number of aromatic nitrogens is 3. The Morgan fingerprint density at radius 2 is 2.12 bits per heavy atom. The maximum Gasteiger partial charge on any atom is 0.341 e. The van der Waals surface area contributed by atoms with Gasteiger partial charge in [0.15, 0.2) is 5.16 Å². The van der Waals surface area contributed by atoms with Crippen LogP contribution in [0.4, 0.5) is 5.00 Å². The first-order valence-corrected chi connectivity index (χ1v) is 14.1. The first-order chi connectivity index (χ1) is 16.5. The number of hydrogen-bond donors (Lipinski definition) is 1. The van der Waals surface area contributed by atoms with Crippen molar-refractivity contribution in [1.82, 2.24) is 14.8 Å². The fourth-order valence-corrected chi connectivity index (χ4v) is 6.93. The van der Waals surface area contributed by atoms with Crippen LogP contribution in [0.1, 0.15) is 78.5 Å². The van der Waals surface area contributed by atoms with Gasteiger partial charge in [-0.2, -0.15) is 0 Å². The molecule has 0 spiro atoms. The molecule has 184 valence electrons. The summed E-state index contributed by atoms with van der Waals surface area (Å²) >= 11 is 2.91. The number of fused-ring (bicyclic) bond motifs is 1. The van der Waals surface area contributed by atoms with Crippen LogP contribution in [-0.4, -0.2) is 51.7 Å². The standard InChI is InChI=1S/C24H32N4O4S2/c1-3-31-23(30)20-17-9-6-14(2)11-18(17)34-22(20)25-19(29)13-33-24-27-26-21(15-7-8-15)28(24)12-16-5-4-10-32-16/h14-16H,3-13H2,1-2H3,(H,25,29)/t14-,16-/m0/s1. The Labute approximate surface area is 208 Å². The number of rotatable bonds is 9. The quantitative estimate of drug-likeness (QED) is 0.399. The number of ether oxygens (including phenoxy) is 2. The third-order valence-corrected chi connectivity index (χ3v) is 8.81. The van der Waals surface area contributed by atoms with E-state index in [9.17, 15) is 9.59 Å². The normalized spacial score (nSPS) is 21.9. The summed E-state index contributed by atoms with van der Waals surface area (Å²) in [5, 5.41) is 13.2. The Kier molecular flexibility index (Phi) is 7.27. The van der Waals surface area contributed by atoms with Crippen molar-refractivity contribution in [3.05, 3.63) is 21.8 Å². The van der Waals surface area contributed by atoms with Gasteiger partial charge in [-0.05, 0) is 63.4 Å². The zero-order chi connectivity index (χ0) is 23.7. The van der Waals surface area contributed by atoms with Crippen LogP contribution in [0.25, 0.3) is 0 Å². The molecular formula is C24H32N4O4S2. The summed E-state index contributed by atoms with van der Waals surface area (Å²) in [7, 11) is 0. The number of thiophene rings is 1. The summed E-state index contributed by atoms with van der Waals surface area (Å²) in [4.78, 5) is 26.9. The van der Waals surface area contributed by atoms with E-state index >= 15 is 0 Å². The zero-order valence-electron chi connectivity index (χ0n) is 19.8. The number of nitrogens with one attached hydrogen (secondary N) is 1. The average molecular weight is 505 g/mol. The molecule has 8 nitrogen and oxygen atoms in total. The first kappa shape index (κ1) is 23.8. The second-order valence-corrected chi connectivity index (χ2v) is 11.5. The minimum absolute atomic E-state index is 0.151. The molecule has 1 amide bonds. The van der Waals surface area contributed by atoms with E-state index in [-0.39, 0.29) is 23.7 Å².